The number of hydrogen-bond acceptors (Lipinski definition) is 1. The fourth-order valence-corrected chi connectivity index (χ4v) is 9.28. The maximum atomic E-state index is 12.7. The molecule has 0 N–H and O–H groups in total. The summed E-state index contributed by atoms with van der Waals surface area (Å²) in [5.74, 6) is 4.43. The maximum Gasteiger partial charge on any atom is 0.162 e. The molecule has 4 aliphatic rings. The number of allylic oxidation sites excluding steroid dienone is 2. The van der Waals surface area contributed by atoms with Crippen LogP contribution in [0.15, 0.2) is 42.0 Å². The number of rotatable bonds is 5. The minimum absolute atomic E-state index is 0.323. The van der Waals surface area contributed by atoms with Gasteiger partial charge < -0.3 is 0 Å². The fraction of sp³-hybridized carbons (Fsp3) is 0.719. The number of benzene rings is 1. The second-order valence-electron chi connectivity index (χ2n) is 13.6. The molecular formula is C32H46O. The van der Waals surface area contributed by atoms with Crippen LogP contribution in [0.4, 0.5) is 0 Å². The van der Waals surface area contributed by atoms with Crippen LogP contribution in [0.3, 0.4) is 0 Å². The van der Waals surface area contributed by atoms with Crippen LogP contribution in [0.2, 0.25) is 0 Å². The summed E-state index contributed by atoms with van der Waals surface area (Å²) in [7, 11) is 0. The van der Waals surface area contributed by atoms with Crippen LogP contribution in [0.5, 0.6) is 0 Å². The third kappa shape index (κ3) is 3.96. The zero-order valence-electron chi connectivity index (χ0n) is 21.8. The lowest BCUT2D eigenvalue weighted by Crippen LogP contribution is -2.51. The van der Waals surface area contributed by atoms with Gasteiger partial charge in [0.05, 0.1) is 0 Å². The van der Waals surface area contributed by atoms with Crippen molar-refractivity contribution in [1.29, 1.82) is 0 Å². The van der Waals surface area contributed by atoms with Gasteiger partial charge in [0.25, 0.3) is 0 Å². The summed E-state index contributed by atoms with van der Waals surface area (Å²) in [6.45, 7) is 12.7. The van der Waals surface area contributed by atoms with Crippen LogP contribution in [0.1, 0.15) is 109 Å². The van der Waals surface area contributed by atoms with E-state index in [0.717, 1.165) is 35.7 Å². The second kappa shape index (κ2) is 8.39. The maximum absolute atomic E-state index is 12.7. The number of hydrogen-bond donors (Lipinski definition) is 0. The second-order valence-corrected chi connectivity index (χ2v) is 13.6. The molecule has 0 amide bonds. The van der Waals surface area contributed by atoms with E-state index < -0.39 is 0 Å². The molecule has 0 unspecified atom stereocenters. The summed E-state index contributed by atoms with van der Waals surface area (Å²) in [5.41, 5.74) is 4.13. The van der Waals surface area contributed by atoms with E-state index in [0.29, 0.717) is 34.4 Å². The first kappa shape index (κ1) is 23.4. The summed E-state index contributed by atoms with van der Waals surface area (Å²) in [6.07, 6.45) is 15.5. The lowest BCUT2D eigenvalue weighted by molar-refractivity contribution is -0.0561. The first-order valence-electron chi connectivity index (χ1n) is 13.9. The molecule has 1 aromatic carbocycles. The Morgan fingerprint density at radius 2 is 1.73 bits per heavy atom. The summed E-state index contributed by atoms with van der Waals surface area (Å²) in [4.78, 5) is 12.7. The average Bonchev–Trinajstić information content (AvgIpc) is 3.15. The number of carbonyl (C=O) groups is 1. The van der Waals surface area contributed by atoms with Gasteiger partial charge in [-0.1, -0.05) is 76.6 Å². The Kier molecular flexibility index (Phi) is 5.94. The van der Waals surface area contributed by atoms with E-state index in [-0.39, 0.29) is 0 Å². The van der Waals surface area contributed by atoms with E-state index >= 15 is 0 Å². The molecule has 5 rings (SSSR count). The summed E-state index contributed by atoms with van der Waals surface area (Å²) >= 11 is 0. The van der Waals surface area contributed by atoms with Gasteiger partial charge in [-0.15, -0.1) is 0 Å². The fourth-order valence-electron chi connectivity index (χ4n) is 9.28. The van der Waals surface area contributed by atoms with Crippen molar-refractivity contribution in [3.05, 3.63) is 47.5 Å². The van der Waals surface area contributed by atoms with Crippen molar-refractivity contribution in [3.63, 3.8) is 0 Å². The van der Waals surface area contributed by atoms with Gasteiger partial charge in [-0.2, -0.15) is 0 Å². The third-order valence-electron chi connectivity index (χ3n) is 11.3. The molecular weight excluding hydrogens is 400 g/mol. The van der Waals surface area contributed by atoms with Crippen LogP contribution < -0.4 is 0 Å². The molecule has 0 aromatic heterocycles. The van der Waals surface area contributed by atoms with Crippen molar-refractivity contribution in [2.24, 2.45) is 45.8 Å². The van der Waals surface area contributed by atoms with Gasteiger partial charge in [0.1, 0.15) is 0 Å². The Balaban J connectivity index is 1.28. The lowest BCUT2D eigenvalue weighted by atomic mass is 9.45. The van der Waals surface area contributed by atoms with Gasteiger partial charge in [0, 0.05) is 12.0 Å². The molecule has 180 valence electrons. The van der Waals surface area contributed by atoms with E-state index in [9.17, 15) is 4.79 Å². The predicted molar refractivity (Wildman–Crippen MR) is 138 cm³/mol. The molecule has 0 spiro atoms. The van der Waals surface area contributed by atoms with Crippen molar-refractivity contribution >= 4 is 5.78 Å². The molecule has 0 saturated heterocycles. The largest absolute Gasteiger partial charge is 0.294 e. The molecule has 3 saturated carbocycles. The first-order chi connectivity index (χ1) is 15.6. The standard InChI is InChI=1S/C32H46O/c1-22(11-16-29(33)23-9-7-6-8-10-23)26-14-15-27-25-13-12-24-21-30(2,3)19-20-31(24,4)28(25)17-18-32(26,27)5/h6-10,12,22,25-28H,11,13-21H2,1-5H3/t22-,25+,26-,27+,28+,31+,32-/m1/s1. The monoisotopic (exact) mass is 446 g/mol. The highest BCUT2D eigenvalue weighted by Crippen LogP contribution is 2.68. The molecule has 0 heterocycles. The van der Waals surface area contributed by atoms with Crippen LogP contribution >= 0.6 is 0 Å². The van der Waals surface area contributed by atoms with Crippen LogP contribution in [0, 0.1) is 45.8 Å². The molecule has 1 nitrogen and oxygen atoms in total. The molecule has 4 aliphatic carbocycles. The summed E-state index contributed by atoms with van der Waals surface area (Å²) < 4.78 is 0. The molecule has 1 aromatic rings. The lowest BCUT2D eigenvalue weighted by Gasteiger charge is -2.59. The van der Waals surface area contributed by atoms with Crippen LogP contribution in [0.25, 0.3) is 0 Å². The molecule has 3 fully saturated rings. The average molecular weight is 447 g/mol. The molecule has 0 bridgehead atoms. The van der Waals surface area contributed by atoms with Crippen molar-refractivity contribution in [3.8, 4) is 0 Å². The smallest absolute Gasteiger partial charge is 0.162 e. The van der Waals surface area contributed by atoms with Crippen LogP contribution in [-0.2, 0) is 0 Å². The van der Waals surface area contributed by atoms with Gasteiger partial charge in [0.2, 0.25) is 0 Å². The van der Waals surface area contributed by atoms with Gasteiger partial charge in [-0.25, -0.2) is 0 Å². The minimum atomic E-state index is 0.323. The quantitative estimate of drug-likeness (QED) is 0.326. The Morgan fingerprint density at radius 1 is 0.970 bits per heavy atom. The zero-order valence-corrected chi connectivity index (χ0v) is 21.8. The third-order valence-corrected chi connectivity index (χ3v) is 11.3. The van der Waals surface area contributed by atoms with Gasteiger partial charge in [-0.3, -0.25) is 4.79 Å². The van der Waals surface area contributed by atoms with Crippen molar-refractivity contribution in [2.75, 3.05) is 0 Å². The summed E-state index contributed by atoms with van der Waals surface area (Å²) in [5, 5.41) is 0. The van der Waals surface area contributed by atoms with E-state index in [1.807, 2.05) is 35.9 Å². The normalized spacial score (nSPS) is 40.2. The number of fused-ring (bicyclic) bond motifs is 5. The van der Waals surface area contributed by atoms with Gasteiger partial charge in [0.15, 0.2) is 5.78 Å². The highest BCUT2D eigenvalue weighted by Gasteiger charge is 2.59. The topological polar surface area (TPSA) is 17.1 Å². The number of ketones is 1. The van der Waals surface area contributed by atoms with E-state index in [1.165, 1.54) is 51.4 Å². The van der Waals surface area contributed by atoms with Crippen molar-refractivity contribution in [1.82, 2.24) is 0 Å². The zero-order chi connectivity index (χ0) is 23.4. The number of carbonyl (C=O) groups excluding carboxylic acids is 1. The molecule has 7 atom stereocenters. The summed E-state index contributed by atoms with van der Waals surface area (Å²) in [6, 6.07) is 9.90. The van der Waals surface area contributed by atoms with Crippen molar-refractivity contribution in [2.45, 2.75) is 98.8 Å². The highest BCUT2D eigenvalue weighted by molar-refractivity contribution is 5.95. The van der Waals surface area contributed by atoms with Gasteiger partial charge >= 0.3 is 0 Å². The van der Waals surface area contributed by atoms with Gasteiger partial charge in [-0.05, 0) is 104 Å². The van der Waals surface area contributed by atoms with Crippen molar-refractivity contribution < 1.29 is 4.79 Å². The predicted octanol–water partition coefficient (Wildman–Crippen LogP) is 8.89. The number of Topliss-reactive ketones (excluding diaryl/α,β-unsaturated/α-hetero) is 1. The molecule has 33 heavy (non-hydrogen) atoms. The molecule has 0 aliphatic heterocycles. The Morgan fingerprint density at radius 3 is 2.48 bits per heavy atom. The molecule has 0 radical (unpaired) electrons. The first-order valence-corrected chi connectivity index (χ1v) is 13.9. The minimum Gasteiger partial charge on any atom is -0.294 e. The van der Waals surface area contributed by atoms with Crippen LogP contribution in [-0.4, -0.2) is 5.78 Å². The van der Waals surface area contributed by atoms with E-state index in [2.05, 4.69) is 40.7 Å². The molecule has 1 heteroatoms. The highest BCUT2D eigenvalue weighted by atomic mass is 16.1. The van der Waals surface area contributed by atoms with E-state index in [1.54, 1.807) is 0 Å². The van der Waals surface area contributed by atoms with E-state index in [4.69, 9.17) is 0 Å². The Hall–Kier alpha value is -1.37. The Labute approximate surface area is 202 Å². The Bertz CT molecular complexity index is 910. The SMILES string of the molecule is C[C@H](CCC(=O)c1ccccc1)[C@H]1CC[C@H]2[C@@H]3CC=C4CC(C)(C)CC[C@]4(C)[C@H]3CC[C@]12C.